The summed E-state index contributed by atoms with van der Waals surface area (Å²) in [5, 5.41) is 0. The van der Waals surface area contributed by atoms with Crippen molar-refractivity contribution in [2.45, 2.75) is 32.2 Å². The zero-order chi connectivity index (χ0) is 19.5. The van der Waals surface area contributed by atoms with Crippen molar-refractivity contribution >= 4 is 21.7 Å². The maximum Gasteiger partial charge on any atom is 0.355 e. The van der Waals surface area contributed by atoms with Crippen molar-refractivity contribution in [2.75, 3.05) is 25.6 Å². The van der Waals surface area contributed by atoms with Gasteiger partial charge in [-0.15, -0.1) is 0 Å². The van der Waals surface area contributed by atoms with Gasteiger partial charge in [0.15, 0.2) is 0 Å². The minimum absolute atomic E-state index is 0.0884. The average Bonchev–Trinajstić information content (AvgIpc) is 2.89. The molecular formula is C18H25N3O4S. The van der Waals surface area contributed by atoms with Crippen LogP contribution in [0, 0.1) is 13.8 Å². The van der Waals surface area contributed by atoms with E-state index in [0.29, 0.717) is 11.3 Å². The van der Waals surface area contributed by atoms with Crippen molar-refractivity contribution in [1.29, 1.82) is 0 Å². The van der Waals surface area contributed by atoms with Crippen LogP contribution < -0.4 is 9.62 Å². The summed E-state index contributed by atoms with van der Waals surface area (Å²) in [6.45, 7) is 5.30. The van der Waals surface area contributed by atoms with E-state index >= 15 is 0 Å². The lowest BCUT2D eigenvalue weighted by Gasteiger charge is -2.13. The van der Waals surface area contributed by atoms with Crippen LogP contribution >= 0.6 is 0 Å². The lowest BCUT2D eigenvalue weighted by molar-refractivity contribution is 0.0519. The van der Waals surface area contributed by atoms with Gasteiger partial charge in [0.25, 0.3) is 0 Å². The molecule has 0 aliphatic carbocycles. The van der Waals surface area contributed by atoms with Gasteiger partial charge in [0.1, 0.15) is 10.6 Å². The number of benzene rings is 1. The number of sulfonamides is 1. The Morgan fingerprint density at radius 3 is 2.35 bits per heavy atom. The van der Waals surface area contributed by atoms with Crippen molar-refractivity contribution in [3.05, 3.63) is 46.8 Å². The average molecular weight is 379 g/mol. The van der Waals surface area contributed by atoms with E-state index in [1.807, 2.05) is 43.3 Å². The number of nitrogens with one attached hydrogen (secondary N) is 2. The summed E-state index contributed by atoms with van der Waals surface area (Å²) in [5.41, 5.74) is 2.81. The molecule has 8 heteroatoms. The van der Waals surface area contributed by atoms with Crippen LogP contribution in [0.2, 0.25) is 0 Å². The van der Waals surface area contributed by atoms with Gasteiger partial charge in [0, 0.05) is 37.6 Å². The standard InChI is InChI=1S/C18H25N3O4S/c1-6-25-18(22)16-12(2)17(13(3)20-16)26(23,24)19-11-14-7-9-15(10-8-14)21(4)5/h7-10,19-20H,6,11H2,1-5H3. The number of carbonyl (C=O) groups is 1. The third kappa shape index (κ3) is 4.25. The van der Waals surface area contributed by atoms with Crippen LogP contribution in [0.4, 0.5) is 5.69 Å². The molecule has 0 aliphatic heterocycles. The summed E-state index contributed by atoms with van der Waals surface area (Å²) in [6, 6.07) is 7.60. The van der Waals surface area contributed by atoms with Gasteiger partial charge in [-0.2, -0.15) is 0 Å². The molecular weight excluding hydrogens is 354 g/mol. The van der Waals surface area contributed by atoms with Crippen LogP contribution in [0.3, 0.4) is 0 Å². The minimum Gasteiger partial charge on any atom is -0.461 e. The molecule has 0 amide bonds. The Kier molecular flexibility index (Phi) is 6.09. The maximum atomic E-state index is 12.7. The van der Waals surface area contributed by atoms with E-state index in [2.05, 4.69) is 9.71 Å². The molecule has 1 aromatic carbocycles. The number of aromatic amines is 1. The fourth-order valence-electron chi connectivity index (χ4n) is 2.71. The highest BCUT2D eigenvalue weighted by Crippen LogP contribution is 2.24. The van der Waals surface area contributed by atoms with Crippen LogP contribution in [0.5, 0.6) is 0 Å². The molecule has 1 heterocycles. The SMILES string of the molecule is CCOC(=O)c1[nH]c(C)c(S(=O)(=O)NCc2ccc(N(C)C)cc2)c1C. The molecule has 0 saturated heterocycles. The van der Waals surface area contributed by atoms with E-state index in [9.17, 15) is 13.2 Å². The first-order valence-electron chi connectivity index (χ1n) is 8.29. The molecule has 0 saturated carbocycles. The highest BCUT2D eigenvalue weighted by atomic mass is 32.2. The first-order valence-corrected chi connectivity index (χ1v) is 9.78. The van der Waals surface area contributed by atoms with E-state index in [-0.39, 0.29) is 23.7 Å². The third-order valence-electron chi connectivity index (χ3n) is 4.04. The Morgan fingerprint density at radius 1 is 1.19 bits per heavy atom. The molecule has 0 aliphatic rings. The number of rotatable bonds is 7. The van der Waals surface area contributed by atoms with Crippen molar-refractivity contribution in [3.63, 3.8) is 0 Å². The lowest BCUT2D eigenvalue weighted by atomic mass is 10.2. The number of aromatic nitrogens is 1. The Balaban J connectivity index is 2.21. The van der Waals surface area contributed by atoms with Gasteiger partial charge in [-0.25, -0.2) is 17.9 Å². The van der Waals surface area contributed by atoms with Gasteiger partial charge in [-0.1, -0.05) is 12.1 Å². The number of ether oxygens (including phenoxy) is 1. The normalized spacial score (nSPS) is 11.4. The van der Waals surface area contributed by atoms with E-state index in [1.165, 1.54) is 0 Å². The van der Waals surface area contributed by atoms with Gasteiger partial charge >= 0.3 is 5.97 Å². The number of carbonyl (C=O) groups excluding carboxylic acids is 1. The fourth-order valence-corrected chi connectivity index (χ4v) is 4.17. The topological polar surface area (TPSA) is 91.5 Å². The number of hydrogen-bond donors (Lipinski definition) is 2. The number of anilines is 1. The predicted octanol–water partition coefficient (Wildman–Crippen LogP) is 2.35. The summed E-state index contributed by atoms with van der Waals surface area (Å²) in [5.74, 6) is -0.561. The first-order chi connectivity index (χ1) is 12.2. The molecule has 142 valence electrons. The van der Waals surface area contributed by atoms with Crippen LogP contribution in [0.1, 0.15) is 34.2 Å². The highest BCUT2D eigenvalue weighted by Gasteiger charge is 2.26. The highest BCUT2D eigenvalue weighted by molar-refractivity contribution is 7.89. The van der Waals surface area contributed by atoms with E-state index in [1.54, 1.807) is 20.8 Å². The number of aryl methyl sites for hydroxylation is 1. The van der Waals surface area contributed by atoms with Crippen molar-refractivity contribution in [3.8, 4) is 0 Å². The Labute approximate surface area is 154 Å². The van der Waals surface area contributed by atoms with Crippen LogP contribution in [0.25, 0.3) is 0 Å². The maximum absolute atomic E-state index is 12.7. The molecule has 0 fully saturated rings. The van der Waals surface area contributed by atoms with Gasteiger partial charge in [0.2, 0.25) is 10.0 Å². The second kappa shape index (κ2) is 7.92. The molecule has 0 atom stereocenters. The van der Waals surface area contributed by atoms with Crippen LogP contribution in [-0.2, 0) is 21.3 Å². The largest absolute Gasteiger partial charge is 0.461 e. The Morgan fingerprint density at radius 2 is 1.81 bits per heavy atom. The summed E-state index contributed by atoms with van der Waals surface area (Å²) < 4.78 is 33.0. The van der Waals surface area contributed by atoms with Crippen LogP contribution in [0.15, 0.2) is 29.2 Å². The zero-order valence-electron chi connectivity index (χ0n) is 15.7. The minimum atomic E-state index is -3.77. The number of hydrogen-bond acceptors (Lipinski definition) is 5. The summed E-state index contributed by atoms with van der Waals surface area (Å²) in [4.78, 5) is 16.8. The number of nitrogens with zero attached hydrogens (tertiary/aromatic N) is 1. The second-order valence-corrected chi connectivity index (χ2v) is 7.89. The predicted molar refractivity (Wildman–Crippen MR) is 101 cm³/mol. The molecule has 2 aromatic rings. The first kappa shape index (κ1) is 20.0. The summed E-state index contributed by atoms with van der Waals surface area (Å²) >= 11 is 0. The molecule has 26 heavy (non-hydrogen) atoms. The molecule has 0 unspecified atom stereocenters. The lowest BCUT2D eigenvalue weighted by Crippen LogP contribution is -2.24. The zero-order valence-corrected chi connectivity index (χ0v) is 16.5. The van der Waals surface area contributed by atoms with Gasteiger partial charge < -0.3 is 14.6 Å². The van der Waals surface area contributed by atoms with Crippen molar-refractivity contribution < 1.29 is 17.9 Å². The quantitative estimate of drug-likeness (QED) is 0.721. The van der Waals surface area contributed by atoms with Crippen LogP contribution in [-0.4, -0.2) is 40.1 Å². The summed E-state index contributed by atoms with van der Waals surface area (Å²) in [7, 11) is 0.108. The van der Waals surface area contributed by atoms with Gasteiger partial charge in [-0.05, 0) is 38.5 Å². The molecule has 1 aromatic heterocycles. The second-order valence-electron chi connectivity index (χ2n) is 6.19. The summed E-state index contributed by atoms with van der Waals surface area (Å²) in [6.07, 6.45) is 0. The molecule has 7 nitrogen and oxygen atoms in total. The molecule has 0 spiro atoms. The van der Waals surface area contributed by atoms with Gasteiger partial charge in [-0.3, -0.25) is 0 Å². The number of H-pyrrole nitrogens is 1. The van der Waals surface area contributed by atoms with E-state index in [4.69, 9.17) is 4.74 Å². The van der Waals surface area contributed by atoms with E-state index in [0.717, 1.165) is 11.3 Å². The number of esters is 1. The monoisotopic (exact) mass is 379 g/mol. The van der Waals surface area contributed by atoms with Gasteiger partial charge in [0.05, 0.1) is 6.61 Å². The molecule has 2 N–H and O–H groups in total. The smallest absolute Gasteiger partial charge is 0.355 e. The Bertz CT molecular complexity index is 884. The molecule has 0 radical (unpaired) electrons. The molecule has 0 bridgehead atoms. The van der Waals surface area contributed by atoms with Crippen molar-refractivity contribution in [2.24, 2.45) is 0 Å². The van der Waals surface area contributed by atoms with E-state index < -0.39 is 16.0 Å². The third-order valence-corrected chi connectivity index (χ3v) is 5.71. The molecule has 2 rings (SSSR count). The Hall–Kier alpha value is -2.32. The fraction of sp³-hybridized carbons (Fsp3) is 0.389. The van der Waals surface area contributed by atoms with Crippen molar-refractivity contribution in [1.82, 2.24) is 9.71 Å².